The summed E-state index contributed by atoms with van der Waals surface area (Å²) in [4.78, 5) is 11.6. The molecule has 1 N–H and O–H groups in total. The fraction of sp³-hybridized carbons (Fsp3) is 0.450. The van der Waals surface area contributed by atoms with Gasteiger partial charge in [-0.3, -0.25) is 4.90 Å². The third kappa shape index (κ3) is 5.01. The van der Waals surface area contributed by atoms with E-state index in [4.69, 9.17) is 4.74 Å². The Morgan fingerprint density at radius 1 is 1.14 bits per heavy atom. The molecule has 0 bridgehead atoms. The van der Waals surface area contributed by atoms with Crippen molar-refractivity contribution in [3.63, 3.8) is 0 Å². The van der Waals surface area contributed by atoms with E-state index < -0.39 is 0 Å². The molecule has 0 atom stereocenters. The second-order valence-electron chi connectivity index (χ2n) is 6.90. The molecular weight excluding hydrogens is 372 g/mol. The smallest absolute Gasteiger partial charge is 0.255 e. The van der Waals surface area contributed by atoms with E-state index in [9.17, 15) is 0 Å². The second kappa shape index (κ2) is 9.36. The number of aryl methyl sites for hydroxylation is 1. The van der Waals surface area contributed by atoms with Crippen LogP contribution in [0.1, 0.15) is 17.7 Å². The molecule has 7 nitrogen and oxygen atoms in total. The average molecular weight is 399 g/mol. The minimum atomic E-state index is 0.645. The lowest BCUT2D eigenvalue weighted by atomic mass is 10.2. The summed E-state index contributed by atoms with van der Waals surface area (Å²) in [5.41, 5.74) is 2.20. The summed E-state index contributed by atoms with van der Waals surface area (Å²) in [5.74, 6) is 2.44. The van der Waals surface area contributed by atoms with Crippen LogP contribution in [0.15, 0.2) is 41.6 Å². The molecule has 1 aliphatic heterocycles. The number of fused-ring (bicyclic) bond motifs is 1. The zero-order valence-corrected chi connectivity index (χ0v) is 17.0. The van der Waals surface area contributed by atoms with E-state index in [1.54, 1.807) is 11.8 Å². The summed E-state index contributed by atoms with van der Waals surface area (Å²) in [6.07, 6.45) is 1.08. The van der Waals surface area contributed by atoms with Gasteiger partial charge >= 0.3 is 0 Å². The second-order valence-corrected chi connectivity index (χ2v) is 7.84. The van der Waals surface area contributed by atoms with Crippen LogP contribution in [0.25, 0.3) is 5.78 Å². The predicted octanol–water partition coefficient (Wildman–Crippen LogP) is 2.86. The van der Waals surface area contributed by atoms with Crippen molar-refractivity contribution in [2.45, 2.75) is 24.3 Å². The fourth-order valence-electron chi connectivity index (χ4n) is 3.22. The Hall–Kier alpha value is -2.16. The monoisotopic (exact) mass is 398 g/mol. The van der Waals surface area contributed by atoms with Gasteiger partial charge in [-0.25, -0.2) is 4.98 Å². The number of nitrogens with zero attached hydrogens (tertiary/aromatic N) is 5. The van der Waals surface area contributed by atoms with E-state index in [-0.39, 0.29) is 0 Å². The van der Waals surface area contributed by atoms with Crippen molar-refractivity contribution in [1.82, 2.24) is 24.5 Å². The molecule has 148 valence electrons. The van der Waals surface area contributed by atoms with Gasteiger partial charge in [-0.15, -0.1) is 5.10 Å². The van der Waals surface area contributed by atoms with Crippen LogP contribution in [0, 0.1) is 6.92 Å². The first-order valence-corrected chi connectivity index (χ1v) is 10.7. The molecule has 1 aromatic carbocycles. The number of nitrogens with one attached hydrogen (secondary N) is 1. The number of morpholine rings is 1. The van der Waals surface area contributed by atoms with E-state index in [1.165, 1.54) is 5.56 Å². The minimum absolute atomic E-state index is 0.645. The summed E-state index contributed by atoms with van der Waals surface area (Å²) in [6, 6.07) is 12.4. The maximum Gasteiger partial charge on any atom is 0.255 e. The van der Waals surface area contributed by atoms with Gasteiger partial charge in [0.1, 0.15) is 5.82 Å². The Morgan fingerprint density at radius 3 is 2.79 bits per heavy atom. The molecule has 0 unspecified atom stereocenters. The third-order valence-corrected chi connectivity index (χ3v) is 5.60. The molecule has 0 spiro atoms. The van der Waals surface area contributed by atoms with Gasteiger partial charge in [0.2, 0.25) is 5.16 Å². The van der Waals surface area contributed by atoms with Crippen molar-refractivity contribution < 1.29 is 4.74 Å². The van der Waals surface area contributed by atoms with Crippen LogP contribution in [0.4, 0.5) is 5.82 Å². The molecule has 0 amide bonds. The maximum atomic E-state index is 5.40. The van der Waals surface area contributed by atoms with Crippen molar-refractivity contribution in [3.8, 4) is 0 Å². The van der Waals surface area contributed by atoms with Crippen molar-refractivity contribution >= 4 is 23.4 Å². The van der Waals surface area contributed by atoms with Gasteiger partial charge in [-0.2, -0.15) is 9.50 Å². The van der Waals surface area contributed by atoms with E-state index >= 15 is 0 Å². The maximum absolute atomic E-state index is 5.40. The quantitative estimate of drug-likeness (QED) is 0.462. The highest BCUT2D eigenvalue weighted by Crippen LogP contribution is 2.21. The van der Waals surface area contributed by atoms with Gasteiger partial charge in [-0.05, 0) is 25.5 Å². The molecule has 1 aliphatic rings. The van der Waals surface area contributed by atoms with E-state index in [0.717, 1.165) is 68.2 Å². The molecule has 0 saturated carbocycles. The van der Waals surface area contributed by atoms with Gasteiger partial charge in [0, 0.05) is 37.1 Å². The molecule has 0 radical (unpaired) electrons. The Labute approximate surface area is 169 Å². The first-order valence-electron chi connectivity index (χ1n) is 9.73. The van der Waals surface area contributed by atoms with Crippen molar-refractivity contribution in [2.75, 3.05) is 44.7 Å². The number of thioether (sulfide) groups is 1. The molecule has 3 heterocycles. The summed E-state index contributed by atoms with van der Waals surface area (Å²) in [5, 5.41) is 8.91. The predicted molar refractivity (Wildman–Crippen MR) is 112 cm³/mol. The average Bonchev–Trinajstić information content (AvgIpc) is 3.14. The topological polar surface area (TPSA) is 67.6 Å². The summed E-state index contributed by atoms with van der Waals surface area (Å²) >= 11 is 1.63. The first-order chi connectivity index (χ1) is 13.8. The minimum Gasteiger partial charge on any atom is -0.379 e. The van der Waals surface area contributed by atoms with E-state index in [0.29, 0.717) is 5.78 Å². The number of rotatable bonds is 8. The lowest BCUT2D eigenvalue weighted by Gasteiger charge is -2.26. The van der Waals surface area contributed by atoms with Gasteiger partial charge in [0.05, 0.1) is 13.2 Å². The van der Waals surface area contributed by atoms with Crippen LogP contribution < -0.4 is 5.32 Å². The summed E-state index contributed by atoms with van der Waals surface area (Å²) < 4.78 is 7.22. The Bertz CT molecular complexity index is 894. The van der Waals surface area contributed by atoms with E-state index in [2.05, 4.69) is 49.5 Å². The number of hydrogen-bond acceptors (Lipinski definition) is 7. The van der Waals surface area contributed by atoms with Crippen molar-refractivity contribution in [2.24, 2.45) is 0 Å². The zero-order valence-electron chi connectivity index (χ0n) is 16.2. The molecule has 3 aromatic rings. The van der Waals surface area contributed by atoms with Crippen LogP contribution in [-0.4, -0.2) is 63.9 Å². The van der Waals surface area contributed by atoms with Gasteiger partial charge < -0.3 is 10.1 Å². The number of ether oxygens (including phenoxy) is 1. The molecule has 1 fully saturated rings. The molecular formula is C20H26N6OS. The van der Waals surface area contributed by atoms with Crippen LogP contribution >= 0.6 is 11.8 Å². The lowest BCUT2D eigenvalue weighted by Crippen LogP contribution is -2.37. The Morgan fingerprint density at radius 2 is 1.96 bits per heavy atom. The largest absolute Gasteiger partial charge is 0.379 e. The third-order valence-electron chi connectivity index (χ3n) is 4.69. The first kappa shape index (κ1) is 19.2. The number of anilines is 1. The van der Waals surface area contributed by atoms with Crippen LogP contribution in [0.2, 0.25) is 0 Å². The standard InChI is InChI=1S/C20H26N6OS/c1-16-14-18(21-8-5-9-25-10-12-27-13-11-25)26-19(22-16)23-20(24-26)28-15-17-6-3-2-4-7-17/h2-4,6-7,14,21H,5,8-13,15H2,1H3. The van der Waals surface area contributed by atoms with Crippen LogP contribution in [-0.2, 0) is 10.5 Å². The van der Waals surface area contributed by atoms with Crippen molar-refractivity contribution in [3.05, 3.63) is 47.7 Å². The van der Waals surface area contributed by atoms with Gasteiger partial charge in [-0.1, -0.05) is 42.1 Å². The highest BCUT2D eigenvalue weighted by atomic mass is 32.2. The SMILES string of the molecule is Cc1cc(NCCCN2CCOCC2)n2nc(SCc3ccccc3)nc2n1. The normalized spacial score (nSPS) is 15.2. The molecule has 2 aromatic heterocycles. The number of benzene rings is 1. The number of hydrogen-bond donors (Lipinski definition) is 1. The molecule has 0 aliphatic carbocycles. The molecule has 8 heteroatoms. The summed E-state index contributed by atoms with van der Waals surface area (Å²) in [7, 11) is 0. The molecule has 28 heavy (non-hydrogen) atoms. The lowest BCUT2D eigenvalue weighted by molar-refractivity contribution is 0.0378. The van der Waals surface area contributed by atoms with Gasteiger partial charge in [0.15, 0.2) is 0 Å². The highest BCUT2D eigenvalue weighted by molar-refractivity contribution is 7.98. The zero-order chi connectivity index (χ0) is 19.2. The highest BCUT2D eigenvalue weighted by Gasteiger charge is 2.12. The van der Waals surface area contributed by atoms with Crippen molar-refractivity contribution in [1.29, 1.82) is 0 Å². The Balaban J connectivity index is 1.37. The molecule has 4 rings (SSSR count). The summed E-state index contributed by atoms with van der Waals surface area (Å²) in [6.45, 7) is 7.72. The van der Waals surface area contributed by atoms with E-state index in [1.807, 2.05) is 23.6 Å². The van der Waals surface area contributed by atoms with Crippen LogP contribution in [0.5, 0.6) is 0 Å². The fourth-order valence-corrected chi connectivity index (χ4v) is 4.00. The molecule has 1 saturated heterocycles. The number of aromatic nitrogens is 4. The van der Waals surface area contributed by atoms with Gasteiger partial charge in [0.25, 0.3) is 5.78 Å². The van der Waals surface area contributed by atoms with Crippen LogP contribution in [0.3, 0.4) is 0 Å². The Kier molecular flexibility index (Phi) is 6.41.